The minimum Gasteiger partial charge on any atom is -0.338 e. The summed E-state index contributed by atoms with van der Waals surface area (Å²) >= 11 is 0. The summed E-state index contributed by atoms with van der Waals surface area (Å²) in [6, 6.07) is 15.3. The minimum absolute atomic E-state index is 0.126. The summed E-state index contributed by atoms with van der Waals surface area (Å²) in [6.45, 7) is 2.81. The van der Waals surface area contributed by atoms with Crippen LogP contribution in [0, 0.1) is 0 Å². The first-order valence-corrected chi connectivity index (χ1v) is 8.81. The lowest BCUT2D eigenvalue weighted by atomic mass is 10.0. The van der Waals surface area contributed by atoms with Crippen molar-refractivity contribution in [1.82, 2.24) is 19.4 Å². The van der Waals surface area contributed by atoms with Crippen LogP contribution in [0.2, 0.25) is 0 Å². The molecule has 0 aliphatic carbocycles. The third-order valence-corrected chi connectivity index (χ3v) is 4.70. The zero-order valence-corrected chi connectivity index (χ0v) is 14.5. The van der Waals surface area contributed by atoms with E-state index in [9.17, 15) is 4.79 Å². The van der Waals surface area contributed by atoms with E-state index in [1.165, 1.54) is 0 Å². The Morgan fingerprint density at radius 2 is 1.50 bits per heavy atom. The molecule has 0 radical (unpaired) electrons. The van der Waals surface area contributed by atoms with E-state index in [0.717, 1.165) is 24.6 Å². The Bertz CT molecular complexity index is 827. The molecule has 1 amide bonds. The Morgan fingerprint density at radius 3 is 2.15 bits per heavy atom. The molecule has 2 aromatic heterocycles. The molecule has 132 valence electrons. The average molecular weight is 347 g/mol. The number of rotatable bonds is 4. The van der Waals surface area contributed by atoms with Crippen molar-refractivity contribution in [2.75, 3.05) is 31.1 Å². The molecule has 0 unspecified atom stereocenters. The van der Waals surface area contributed by atoms with Crippen molar-refractivity contribution in [2.24, 2.45) is 0 Å². The summed E-state index contributed by atoms with van der Waals surface area (Å²) in [5, 5.41) is 0. The van der Waals surface area contributed by atoms with Gasteiger partial charge in [0.15, 0.2) is 0 Å². The van der Waals surface area contributed by atoms with E-state index < -0.39 is 0 Å². The number of amides is 1. The molecule has 1 fully saturated rings. The lowest BCUT2D eigenvalue weighted by Gasteiger charge is -2.36. The largest absolute Gasteiger partial charge is 0.338 e. The van der Waals surface area contributed by atoms with Crippen LogP contribution in [0.15, 0.2) is 73.3 Å². The highest BCUT2D eigenvalue weighted by Crippen LogP contribution is 2.22. The highest BCUT2D eigenvalue weighted by Gasteiger charge is 2.29. The molecule has 1 aromatic carbocycles. The van der Waals surface area contributed by atoms with Crippen LogP contribution < -0.4 is 4.90 Å². The van der Waals surface area contributed by atoms with Crippen molar-refractivity contribution in [3.63, 3.8) is 0 Å². The van der Waals surface area contributed by atoms with Gasteiger partial charge in [0, 0.05) is 51.0 Å². The number of aromatic nitrogens is 3. The molecule has 6 heteroatoms. The number of hydrogen-bond donors (Lipinski definition) is 0. The monoisotopic (exact) mass is 347 g/mol. The van der Waals surface area contributed by atoms with Crippen molar-refractivity contribution >= 4 is 11.9 Å². The van der Waals surface area contributed by atoms with Gasteiger partial charge in [-0.15, -0.1) is 0 Å². The molecule has 0 N–H and O–H groups in total. The second-order valence-electron chi connectivity index (χ2n) is 6.30. The summed E-state index contributed by atoms with van der Waals surface area (Å²) in [5.41, 5.74) is 1.00. The van der Waals surface area contributed by atoms with Crippen molar-refractivity contribution in [1.29, 1.82) is 0 Å². The van der Waals surface area contributed by atoms with Gasteiger partial charge in [0.25, 0.3) is 0 Å². The maximum absolute atomic E-state index is 13.3. The Hall–Kier alpha value is -3.15. The van der Waals surface area contributed by atoms with E-state index in [2.05, 4.69) is 14.9 Å². The Labute approximate surface area is 152 Å². The standard InChI is InChI=1S/C20H21N5O/c26-19(18(23-11-4-5-12-23)17-7-2-1-3-8-17)24-13-15-25(16-14-24)20-21-9-6-10-22-20/h1-12,18H,13-16H2/t18-/m0/s1. The number of piperazine rings is 1. The third kappa shape index (κ3) is 3.31. The van der Waals surface area contributed by atoms with Crippen molar-refractivity contribution in [3.8, 4) is 0 Å². The minimum atomic E-state index is -0.328. The van der Waals surface area contributed by atoms with E-state index in [4.69, 9.17) is 0 Å². The number of nitrogens with zero attached hydrogens (tertiary/aromatic N) is 5. The zero-order valence-electron chi connectivity index (χ0n) is 14.5. The predicted octanol–water partition coefficient (Wildman–Crippen LogP) is 2.22. The second-order valence-corrected chi connectivity index (χ2v) is 6.30. The topological polar surface area (TPSA) is 54.3 Å². The van der Waals surface area contributed by atoms with Crippen LogP contribution >= 0.6 is 0 Å². The van der Waals surface area contributed by atoms with Gasteiger partial charge >= 0.3 is 0 Å². The number of hydrogen-bond acceptors (Lipinski definition) is 4. The molecule has 4 rings (SSSR count). The fourth-order valence-corrected chi connectivity index (χ4v) is 3.35. The number of anilines is 1. The molecular weight excluding hydrogens is 326 g/mol. The Kier molecular flexibility index (Phi) is 4.64. The predicted molar refractivity (Wildman–Crippen MR) is 99.8 cm³/mol. The molecule has 1 aliphatic heterocycles. The normalized spacial score (nSPS) is 15.7. The van der Waals surface area contributed by atoms with Crippen LogP contribution in [0.4, 0.5) is 5.95 Å². The van der Waals surface area contributed by atoms with Crippen LogP contribution in [0.5, 0.6) is 0 Å². The zero-order chi connectivity index (χ0) is 17.8. The average Bonchev–Trinajstić information content (AvgIpc) is 3.24. The summed E-state index contributed by atoms with van der Waals surface area (Å²) in [7, 11) is 0. The molecule has 1 atom stereocenters. The molecule has 1 aliphatic rings. The van der Waals surface area contributed by atoms with E-state index in [1.54, 1.807) is 12.4 Å². The summed E-state index contributed by atoms with van der Waals surface area (Å²) in [6.07, 6.45) is 7.39. The molecule has 0 saturated carbocycles. The first-order valence-electron chi connectivity index (χ1n) is 8.81. The quantitative estimate of drug-likeness (QED) is 0.726. The maximum atomic E-state index is 13.3. The molecule has 26 heavy (non-hydrogen) atoms. The number of carbonyl (C=O) groups is 1. The van der Waals surface area contributed by atoms with Crippen LogP contribution in [0.25, 0.3) is 0 Å². The third-order valence-electron chi connectivity index (χ3n) is 4.70. The summed E-state index contributed by atoms with van der Waals surface area (Å²) in [5.74, 6) is 0.852. The van der Waals surface area contributed by atoms with Gasteiger partial charge in [-0.25, -0.2) is 9.97 Å². The lowest BCUT2D eigenvalue weighted by molar-refractivity contribution is -0.133. The molecule has 1 saturated heterocycles. The first kappa shape index (κ1) is 16.3. The lowest BCUT2D eigenvalue weighted by Crippen LogP contribution is -2.51. The van der Waals surface area contributed by atoms with Gasteiger partial charge in [-0.2, -0.15) is 0 Å². The van der Waals surface area contributed by atoms with Gasteiger partial charge in [0.1, 0.15) is 6.04 Å². The van der Waals surface area contributed by atoms with Gasteiger partial charge < -0.3 is 14.4 Å². The second kappa shape index (κ2) is 7.39. The van der Waals surface area contributed by atoms with Gasteiger partial charge in [0.05, 0.1) is 0 Å². The number of benzene rings is 1. The fraction of sp³-hybridized carbons (Fsp3) is 0.250. The van der Waals surface area contributed by atoms with Gasteiger partial charge in [-0.3, -0.25) is 4.79 Å². The smallest absolute Gasteiger partial charge is 0.250 e. The van der Waals surface area contributed by atoms with E-state index in [1.807, 2.05) is 70.4 Å². The summed E-state index contributed by atoms with van der Waals surface area (Å²) in [4.78, 5) is 26.0. The van der Waals surface area contributed by atoms with Crippen LogP contribution in [-0.4, -0.2) is 51.5 Å². The highest BCUT2D eigenvalue weighted by atomic mass is 16.2. The Balaban J connectivity index is 1.51. The van der Waals surface area contributed by atoms with Crippen LogP contribution in [0.1, 0.15) is 11.6 Å². The van der Waals surface area contributed by atoms with E-state index in [-0.39, 0.29) is 11.9 Å². The van der Waals surface area contributed by atoms with Crippen LogP contribution in [-0.2, 0) is 4.79 Å². The highest BCUT2D eigenvalue weighted by molar-refractivity contribution is 5.84. The molecule has 3 aromatic rings. The molecule has 0 spiro atoms. The van der Waals surface area contributed by atoms with Crippen molar-refractivity contribution in [2.45, 2.75) is 6.04 Å². The van der Waals surface area contributed by atoms with Crippen molar-refractivity contribution < 1.29 is 4.79 Å². The Morgan fingerprint density at radius 1 is 0.846 bits per heavy atom. The fourth-order valence-electron chi connectivity index (χ4n) is 3.35. The molecule has 6 nitrogen and oxygen atoms in total. The van der Waals surface area contributed by atoms with E-state index >= 15 is 0 Å². The number of carbonyl (C=O) groups excluding carboxylic acids is 1. The van der Waals surface area contributed by atoms with Gasteiger partial charge in [0.2, 0.25) is 11.9 Å². The molecular formula is C20H21N5O. The van der Waals surface area contributed by atoms with Crippen molar-refractivity contribution in [3.05, 3.63) is 78.9 Å². The molecule has 3 heterocycles. The van der Waals surface area contributed by atoms with Gasteiger partial charge in [-0.1, -0.05) is 30.3 Å². The SMILES string of the molecule is O=C([C@H](c1ccccc1)n1cccc1)N1CCN(c2ncccn2)CC1. The summed E-state index contributed by atoms with van der Waals surface area (Å²) < 4.78 is 1.98. The van der Waals surface area contributed by atoms with Crippen LogP contribution in [0.3, 0.4) is 0 Å². The van der Waals surface area contributed by atoms with E-state index in [0.29, 0.717) is 13.1 Å². The van der Waals surface area contributed by atoms with Gasteiger partial charge in [-0.05, 0) is 23.8 Å². The maximum Gasteiger partial charge on any atom is 0.250 e. The first-order chi connectivity index (χ1) is 12.8. The molecule has 0 bridgehead atoms.